The molecule has 68 valence electrons. The highest BCUT2D eigenvalue weighted by Crippen LogP contribution is 2.25. The minimum Gasteiger partial charge on any atom is -0.383 e. The Morgan fingerprint density at radius 2 is 2.07 bits per heavy atom. The van der Waals surface area contributed by atoms with E-state index < -0.39 is 0 Å². The number of aromatic nitrogens is 4. The molecule has 0 aliphatic carbocycles. The van der Waals surface area contributed by atoms with Crippen LogP contribution in [0.4, 0.5) is 5.82 Å². The summed E-state index contributed by atoms with van der Waals surface area (Å²) < 4.78 is 0. The number of nitrogens with two attached hydrogens (primary N) is 1. The molecule has 14 heavy (non-hydrogen) atoms. The molecule has 0 unspecified atom stereocenters. The molecule has 0 bridgehead atoms. The molecule has 0 amide bonds. The average Bonchev–Trinajstić information content (AvgIpc) is 2.57. The van der Waals surface area contributed by atoms with Gasteiger partial charge in [-0.05, 0) is 12.1 Å². The molecule has 0 saturated heterocycles. The van der Waals surface area contributed by atoms with E-state index in [0.29, 0.717) is 5.82 Å². The number of nitrogen functional groups attached to an aromatic ring is 1. The first kappa shape index (κ1) is 7.25. The summed E-state index contributed by atoms with van der Waals surface area (Å²) >= 11 is 0. The van der Waals surface area contributed by atoms with Gasteiger partial charge in [-0.1, -0.05) is 0 Å². The fourth-order valence-electron chi connectivity index (χ4n) is 1.58. The van der Waals surface area contributed by atoms with Crippen molar-refractivity contribution in [2.45, 2.75) is 0 Å². The Bertz CT molecular complexity index is 613. The van der Waals surface area contributed by atoms with Gasteiger partial charge in [0.1, 0.15) is 23.4 Å². The molecule has 0 radical (unpaired) electrons. The molecule has 3 aromatic rings. The van der Waals surface area contributed by atoms with Gasteiger partial charge in [0.2, 0.25) is 0 Å². The van der Waals surface area contributed by atoms with Crippen LogP contribution in [-0.2, 0) is 0 Å². The van der Waals surface area contributed by atoms with E-state index in [4.69, 9.17) is 5.73 Å². The largest absolute Gasteiger partial charge is 0.383 e. The fourth-order valence-corrected chi connectivity index (χ4v) is 1.58. The molecule has 0 saturated carbocycles. The Morgan fingerprint density at radius 1 is 1.14 bits per heavy atom. The van der Waals surface area contributed by atoms with Crippen LogP contribution in [0.5, 0.6) is 0 Å². The molecule has 5 nitrogen and oxygen atoms in total. The number of pyridine rings is 1. The Kier molecular flexibility index (Phi) is 1.25. The average molecular weight is 185 g/mol. The number of rotatable bonds is 0. The number of hydrogen-bond donors (Lipinski definition) is 2. The number of fused-ring (bicyclic) bond motifs is 3. The van der Waals surface area contributed by atoms with Crippen LogP contribution in [0.25, 0.3) is 22.1 Å². The Labute approximate surface area is 79.0 Å². The van der Waals surface area contributed by atoms with Crippen molar-refractivity contribution in [2.24, 2.45) is 0 Å². The maximum Gasteiger partial charge on any atom is 0.145 e. The lowest BCUT2D eigenvalue weighted by Gasteiger charge is -1.92. The van der Waals surface area contributed by atoms with Gasteiger partial charge in [-0.2, -0.15) is 0 Å². The van der Waals surface area contributed by atoms with Crippen molar-refractivity contribution < 1.29 is 0 Å². The Balaban J connectivity index is 2.65. The third kappa shape index (κ3) is 0.806. The van der Waals surface area contributed by atoms with Gasteiger partial charge < -0.3 is 10.7 Å². The van der Waals surface area contributed by atoms with Crippen molar-refractivity contribution in [1.82, 2.24) is 19.9 Å². The highest BCUT2D eigenvalue weighted by atomic mass is 15.0. The van der Waals surface area contributed by atoms with Crippen molar-refractivity contribution in [3.63, 3.8) is 0 Å². The lowest BCUT2D eigenvalue weighted by atomic mass is 10.2. The van der Waals surface area contributed by atoms with Gasteiger partial charge in [-0.15, -0.1) is 0 Å². The quantitative estimate of drug-likeness (QED) is 0.549. The topological polar surface area (TPSA) is 80.5 Å². The number of nitrogens with zero attached hydrogens (tertiary/aromatic N) is 3. The predicted octanol–water partition coefficient (Wildman–Crippen LogP) is 1.09. The number of anilines is 1. The Morgan fingerprint density at radius 3 is 3.00 bits per heavy atom. The van der Waals surface area contributed by atoms with Crippen molar-refractivity contribution in [1.29, 1.82) is 0 Å². The molecule has 5 heteroatoms. The Hall–Kier alpha value is -2.17. The number of aromatic amines is 1. The van der Waals surface area contributed by atoms with Crippen molar-refractivity contribution in [2.75, 3.05) is 5.73 Å². The van der Waals surface area contributed by atoms with Crippen LogP contribution in [0.2, 0.25) is 0 Å². The zero-order chi connectivity index (χ0) is 9.54. The van der Waals surface area contributed by atoms with E-state index in [2.05, 4.69) is 19.9 Å². The van der Waals surface area contributed by atoms with E-state index >= 15 is 0 Å². The highest BCUT2D eigenvalue weighted by molar-refractivity contribution is 6.09. The summed E-state index contributed by atoms with van der Waals surface area (Å²) in [6.07, 6.45) is 3.16. The lowest BCUT2D eigenvalue weighted by molar-refractivity contribution is 1.21. The summed E-state index contributed by atoms with van der Waals surface area (Å²) in [5.41, 5.74) is 7.28. The van der Waals surface area contributed by atoms with Gasteiger partial charge in [-0.3, -0.25) is 0 Å². The molecular weight excluding hydrogens is 178 g/mol. The van der Waals surface area contributed by atoms with Gasteiger partial charge in [0.05, 0.1) is 5.39 Å². The first-order chi connectivity index (χ1) is 6.86. The van der Waals surface area contributed by atoms with Crippen LogP contribution < -0.4 is 5.73 Å². The molecular formula is C9H7N5. The number of H-pyrrole nitrogens is 1. The molecule has 3 aromatic heterocycles. The summed E-state index contributed by atoms with van der Waals surface area (Å²) in [5, 5.41) is 1.80. The summed E-state index contributed by atoms with van der Waals surface area (Å²) in [6.45, 7) is 0. The van der Waals surface area contributed by atoms with Crippen LogP contribution in [0.3, 0.4) is 0 Å². The second-order valence-electron chi connectivity index (χ2n) is 3.01. The minimum atomic E-state index is 0.481. The number of nitrogens with one attached hydrogen (secondary N) is 1. The smallest absolute Gasteiger partial charge is 0.145 e. The molecule has 3 rings (SSSR count). The van der Waals surface area contributed by atoms with E-state index in [0.717, 1.165) is 22.1 Å². The van der Waals surface area contributed by atoms with Crippen LogP contribution in [0.15, 0.2) is 24.7 Å². The molecule has 0 aliphatic rings. The van der Waals surface area contributed by atoms with E-state index in [1.165, 1.54) is 6.33 Å². The van der Waals surface area contributed by atoms with E-state index in [1.54, 1.807) is 6.20 Å². The van der Waals surface area contributed by atoms with Crippen molar-refractivity contribution >= 4 is 27.9 Å². The second-order valence-corrected chi connectivity index (χ2v) is 3.01. The summed E-state index contributed by atoms with van der Waals surface area (Å²) in [6, 6.07) is 3.81. The zero-order valence-electron chi connectivity index (χ0n) is 7.23. The molecule has 0 atom stereocenters. The summed E-state index contributed by atoms with van der Waals surface area (Å²) in [5.74, 6) is 0.481. The lowest BCUT2D eigenvalue weighted by Crippen LogP contribution is -1.91. The highest BCUT2D eigenvalue weighted by Gasteiger charge is 2.08. The normalized spacial score (nSPS) is 11.1. The molecule has 3 N–H and O–H groups in total. The molecule has 3 heterocycles. The molecule has 0 fully saturated rings. The van der Waals surface area contributed by atoms with Crippen molar-refractivity contribution in [3.8, 4) is 0 Å². The standard InChI is InChI=1S/C9H7N5/c10-7-6-5-2-1-3-11-8(5)14-9(6)13-4-12-7/h1-4H,(H3,10,11,12,13,14). The summed E-state index contributed by atoms with van der Waals surface area (Å²) in [7, 11) is 0. The van der Waals surface area contributed by atoms with Gasteiger partial charge >= 0.3 is 0 Å². The SMILES string of the molecule is Nc1ncnc2[nH]c3ncccc3c12. The molecule has 0 spiro atoms. The molecule has 0 aromatic carbocycles. The van der Waals surface area contributed by atoms with E-state index in [-0.39, 0.29) is 0 Å². The second kappa shape index (κ2) is 2.41. The molecule has 0 aliphatic heterocycles. The fraction of sp³-hybridized carbons (Fsp3) is 0. The first-order valence-electron chi connectivity index (χ1n) is 4.19. The van der Waals surface area contributed by atoms with Crippen LogP contribution in [0, 0.1) is 0 Å². The van der Waals surface area contributed by atoms with E-state index in [1.807, 2.05) is 12.1 Å². The number of hydrogen-bond acceptors (Lipinski definition) is 4. The van der Waals surface area contributed by atoms with Crippen LogP contribution in [0.1, 0.15) is 0 Å². The van der Waals surface area contributed by atoms with Gasteiger partial charge in [0.15, 0.2) is 0 Å². The first-order valence-corrected chi connectivity index (χ1v) is 4.19. The summed E-state index contributed by atoms with van der Waals surface area (Å²) in [4.78, 5) is 15.3. The monoisotopic (exact) mass is 185 g/mol. The zero-order valence-corrected chi connectivity index (χ0v) is 7.23. The third-order valence-corrected chi connectivity index (χ3v) is 2.19. The van der Waals surface area contributed by atoms with Crippen LogP contribution >= 0.6 is 0 Å². The maximum atomic E-state index is 5.77. The van der Waals surface area contributed by atoms with Gasteiger partial charge in [0.25, 0.3) is 0 Å². The van der Waals surface area contributed by atoms with E-state index in [9.17, 15) is 0 Å². The van der Waals surface area contributed by atoms with Crippen LogP contribution in [-0.4, -0.2) is 19.9 Å². The maximum absolute atomic E-state index is 5.77. The van der Waals surface area contributed by atoms with Gasteiger partial charge in [-0.25, -0.2) is 15.0 Å². The third-order valence-electron chi connectivity index (χ3n) is 2.19. The van der Waals surface area contributed by atoms with Crippen molar-refractivity contribution in [3.05, 3.63) is 24.7 Å². The predicted molar refractivity (Wildman–Crippen MR) is 53.6 cm³/mol. The minimum absolute atomic E-state index is 0.481. The van der Waals surface area contributed by atoms with Gasteiger partial charge in [0, 0.05) is 11.6 Å².